The highest BCUT2D eigenvalue weighted by molar-refractivity contribution is 5.67. The van der Waals surface area contributed by atoms with Crippen molar-refractivity contribution in [1.82, 2.24) is 5.32 Å². The highest BCUT2D eigenvalue weighted by atomic mass is 16.8. The van der Waals surface area contributed by atoms with Gasteiger partial charge in [0.25, 0.3) is 0 Å². The van der Waals surface area contributed by atoms with Crippen LogP contribution in [-0.2, 0) is 92.6 Å². The molecule has 4 aromatic carbocycles. The second-order valence-electron chi connectivity index (χ2n) is 18.1. The highest BCUT2D eigenvalue weighted by Gasteiger charge is 2.56. The lowest BCUT2D eigenvalue weighted by molar-refractivity contribution is -0.381. The van der Waals surface area contributed by atoms with Gasteiger partial charge in [-0.2, -0.15) is 0 Å². The van der Waals surface area contributed by atoms with Crippen molar-refractivity contribution >= 4 is 12.1 Å². The van der Waals surface area contributed by atoms with Crippen molar-refractivity contribution in [1.29, 1.82) is 0 Å². The van der Waals surface area contributed by atoms with Crippen molar-refractivity contribution in [2.24, 2.45) is 0 Å². The standard InChI is InChI=1S/C55H71NO17/c1-33-43(60-6)47(50(62-8)52(67-33)71-42-26-20-37(21-27-42)28-29-56-55(58)66-32-39-18-14-11-15-19-39)72-54-51(63-9)48(44(34(2)68-54)64-30-38-16-12-10-13-17-38)73-53-49(61-7)46(45(35(3)69-53)70-36(4)57)65-31-40-22-24-41(59-5)25-23-40/h10-27,33-35,43-54H,28-32H2,1-9H3,(H,56,58)/t33-,34-,35-,43-,44-,45+,46+,47+,48+,49-,50+,51+,52-,53-,54-/m0/s1. The molecule has 15 atom stereocenters. The second kappa shape index (κ2) is 27.4. The van der Waals surface area contributed by atoms with Crippen LogP contribution in [0.1, 0.15) is 49.9 Å². The van der Waals surface area contributed by atoms with Crippen LogP contribution in [0.15, 0.2) is 109 Å². The number of alkyl carbamates (subject to hydrolysis) is 1. The van der Waals surface area contributed by atoms with Crippen LogP contribution in [-0.4, -0.2) is 146 Å². The summed E-state index contributed by atoms with van der Waals surface area (Å²) in [6.45, 7) is 7.83. The van der Waals surface area contributed by atoms with Crippen LogP contribution in [0.5, 0.6) is 11.5 Å². The molecule has 4 aromatic rings. The maximum atomic E-state index is 12.5. The third-order valence-corrected chi connectivity index (χ3v) is 13.1. The number of carbonyl (C=O) groups is 2. The Bertz CT molecular complexity index is 2260. The van der Waals surface area contributed by atoms with E-state index in [1.807, 2.05) is 123 Å². The van der Waals surface area contributed by atoms with Gasteiger partial charge in [0.15, 0.2) is 18.7 Å². The first kappa shape index (κ1) is 55.5. The van der Waals surface area contributed by atoms with Gasteiger partial charge in [0.2, 0.25) is 6.29 Å². The van der Waals surface area contributed by atoms with Crippen LogP contribution >= 0.6 is 0 Å². The molecule has 0 radical (unpaired) electrons. The van der Waals surface area contributed by atoms with Crippen LogP contribution in [0, 0.1) is 0 Å². The van der Waals surface area contributed by atoms with Crippen molar-refractivity contribution in [2.45, 2.75) is 146 Å². The van der Waals surface area contributed by atoms with Crippen LogP contribution in [0.25, 0.3) is 0 Å². The molecular formula is C55H71NO17. The average molecular weight is 1020 g/mol. The zero-order valence-electron chi connectivity index (χ0n) is 43.0. The topological polar surface area (TPSA) is 185 Å². The molecule has 0 unspecified atom stereocenters. The van der Waals surface area contributed by atoms with E-state index in [9.17, 15) is 9.59 Å². The lowest BCUT2D eigenvalue weighted by Crippen LogP contribution is -2.67. The van der Waals surface area contributed by atoms with E-state index < -0.39 is 104 Å². The summed E-state index contributed by atoms with van der Waals surface area (Å²) in [5, 5.41) is 2.80. The number of carbonyl (C=O) groups excluding carboxylic acids is 2. The number of amides is 1. The molecular weight excluding hydrogens is 947 g/mol. The van der Waals surface area contributed by atoms with Crippen LogP contribution in [0.2, 0.25) is 0 Å². The minimum atomic E-state index is -1.09. The molecule has 3 saturated heterocycles. The van der Waals surface area contributed by atoms with Gasteiger partial charge < -0.3 is 76.4 Å². The monoisotopic (exact) mass is 1020 g/mol. The number of nitrogens with one attached hydrogen (secondary N) is 1. The average Bonchev–Trinajstić information content (AvgIpc) is 3.39. The Kier molecular flexibility index (Phi) is 20.8. The Balaban J connectivity index is 1.08. The van der Waals surface area contributed by atoms with E-state index in [0.717, 1.165) is 22.3 Å². The predicted molar refractivity (Wildman–Crippen MR) is 263 cm³/mol. The van der Waals surface area contributed by atoms with Gasteiger partial charge in [-0.1, -0.05) is 84.9 Å². The van der Waals surface area contributed by atoms with Crippen molar-refractivity contribution in [2.75, 3.05) is 42.1 Å². The van der Waals surface area contributed by atoms with Crippen molar-refractivity contribution in [3.8, 4) is 11.5 Å². The number of hydrogen-bond acceptors (Lipinski definition) is 17. The Morgan fingerprint density at radius 1 is 0.479 bits per heavy atom. The van der Waals surface area contributed by atoms with Gasteiger partial charge in [0.1, 0.15) is 66.9 Å². The molecule has 3 fully saturated rings. The third-order valence-electron chi connectivity index (χ3n) is 13.1. The summed E-state index contributed by atoms with van der Waals surface area (Å²) in [7, 11) is 7.78. The number of ether oxygens (including phenoxy) is 15. The van der Waals surface area contributed by atoms with Gasteiger partial charge in [-0.05, 0) is 73.7 Å². The fourth-order valence-corrected chi connectivity index (χ4v) is 9.33. The SMILES string of the molecule is COc1ccc(CO[C@H]2[C@H](OC)[C@H](O[C@@H]3[C@@H](OCc4ccccc4)[C@H](C)O[C@@H](O[C@@H]4[C@@H](OC)[C@H](C)O[C@@H](Oc5ccc(CCNC(=O)OCc6ccccc6)cc5)[C@@H]4OC)[C@@H]3OC)O[C@@H](C)[C@H]2OC(C)=O)cc1. The number of methoxy groups -OCH3 is 5. The Morgan fingerprint density at radius 2 is 0.932 bits per heavy atom. The molecule has 18 nitrogen and oxygen atoms in total. The minimum absolute atomic E-state index is 0.160. The molecule has 0 saturated carbocycles. The van der Waals surface area contributed by atoms with Crippen LogP contribution < -0.4 is 14.8 Å². The summed E-state index contributed by atoms with van der Waals surface area (Å²) in [5.41, 5.74) is 3.68. The van der Waals surface area contributed by atoms with Crippen LogP contribution in [0.4, 0.5) is 4.79 Å². The summed E-state index contributed by atoms with van der Waals surface area (Å²) in [4.78, 5) is 24.8. The number of esters is 1. The zero-order valence-corrected chi connectivity index (χ0v) is 43.0. The molecule has 3 aliphatic rings. The molecule has 3 heterocycles. The van der Waals surface area contributed by atoms with Gasteiger partial charge in [0, 0.05) is 41.9 Å². The van der Waals surface area contributed by atoms with Crippen molar-refractivity contribution < 1.29 is 80.6 Å². The summed E-state index contributed by atoms with van der Waals surface area (Å²) < 4.78 is 94.4. The van der Waals surface area contributed by atoms with Crippen molar-refractivity contribution in [3.63, 3.8) is 0 Å². The van der Waals surface area contributed by atoms with Gasteiger partial charge in [-0.25, -0.2) is 4.79 Å². The quantitative estimate of drug-likeness (QED) is 0.0773. The molecule has 0 aliphatic carbocycles. The molecule has 0 aromatic heterocycles. The summed E-state index contributed by atoms with van der Waals surface area (Å²) in [6, 6.07) is 34.2. The Labute approximate surface area is 427 Å². The molecule has 3 aliphatic heterocycles. The maximum absolute atomic E-state index is 12.5. The summed E-state index contributed by atoms with van der Waals surface area (Å²) in [6.07, 6.45) is -12.4. The van der Waals surface area contributed by atoms with E-state index >= 15 is 0 Å². The second-order valence-corrected chi connectivity index (χ2v) is 18.1. The van der Waals surface area contributed by atoms with E-state index in [1.165, 1.54) is 21.1 Å². The zero-order chi connectivity index (χ0) is 51.9. The first-order valence-electron chi connectivity index (χ1n) is 24.6. The lowest BCUT2D eigenvalue weighted by Gasteiger charge is -2.50. The Morgan fingerprint density at radius 3 is 1.49 bits per heavy atom. The minimum Gasteiger partial charge on any atom is -0.497 e. The fourth-order valence-electron chi connectivity index (χ4n) is 9.33. The molecule has 73 heavy (non-hydrogen) atoms. The highest BCUT2D eigenvalue weighted by Crippen LogP contribution is 2.38. The van der Waals surface area contributed by atoms with E-state index in [0.29, 0.717) is 24.5 Å². The third kappa shape index (κ3) is 14.8. The molecule has 1 amide bonds. The first-order chi connectivity index (χ1) is 35.4. The largest absolute Gasteiger partial charge is 0.497 e. The van der Waals surface area contributed by atoms with E-state index in [-0.39, 0.29) is 19.8 Å². The number of benzene rings is 4. The van der Waals surface area contributed by atoms with Gasteiger partial charge in [-0.3, -0.25) is 4.79 Å². The maximum Gasteiger partial charge on any atom is 0.407 e. The summed E-state index contributed by atoms with van der Waals surface area (Å²) in [5.74, 6) is 0.722. The van der Waals surface area contributed by atoms with Crippen molar-refractivity contribution in [3.05, 3.63) is 131 Å². The molecule has 1 N–H and O–H groups in total. The smallest absolute Gasteiger partial charge is 0.407 e. The van der Waals surface area contributed by atoms with Gasteiger partial charge in [-0.15, -0.1) is 0 Å². The Hall–Kier alpha value is -5.22. The van der Waals surface area contributed by atoms with E-state index in [1.54, 1.807) is 28.3 Å². The normalized spacial score (nSPS) is 30.2. The van der Waals surface area contributed by atoms with E-state index in [2.05, 4.69) is 5.32 Å². The number of rotatable bonds is 23. The lowest BCUT2D eigenvalue weighted by atomic mass is 9.95. The predicted octanol–water partition coefficient (Wildman–Crippen LogP) is 6.71. The van der Waals surface area contributed by atoms with Crippen LogP contribution in [0.3, 0.4) is 0 Å². The molecule has 7 rings (SSSR count). The van der Waals surface area contributed by atoms with E-state index in [4.69, 9.17) is 71.1 Å². The number of hydrogen-bond donors (Lipinski definition) is 1. The molecule has 18 heteroatoms. The van der Waals surface area contributed by atoms with Gasteiger partial charge >= 0.3 is 12.1 Å². The summed E-state index contributed by atoms with van der Waals surface area (Å²) >= 11 is 0. The van der Waals surface area contributed by atoms with Gasteiger partial charge in [0.05, 0.1) is 38.6 Å². The molecule has 0 bridgehead atoms. The molecule has 398 valence electrons. The fraction of sp³-hybridized carbons (Fsp3) is 0.527. The molecule has 0 spiro atoms. The first-order valence-corrected chi connectivity index (χ1v) is 24.6.